The molecule has 1 aromatic carbocycles. The first-order chi connectivity index (χ1) is 9.40. The summed E-state index contributed by atoms with van der Waals surface area (Å²) in [7, 11) is 0. The van der Waals surface area contributed by atoms with Crippen molar-refractivity contribution in [3.63, 3.8) is 0 Å². The van der Waals surface area contributed by atoms with E-state index in [2.05, 4.69) is 5.32 Å². The van der Waals surface area contributed by atoms with Crippen molar-refractivity contribution in [3.05, 3.63) is 32.8 Å². The van der Waals surface area contributed by atoms with Gasteiger partial charge in [0.2, 0.25) is 0 Å². The van der Waals surface area contributed by atoms with Crippen molar-refractivity contribution in [2.75, 3.05) is 17.7 Å². The van der Waals surface area contributed by atoms with Crippen molar-refractivity contribution in [2.24, 2.45) is 0 Å². The van der Waals surface area contributed by atoms with Crippen LogP contribution in [0.3, 0.4) is 0 Å². The molecule has 0 radical (unpaired) electrons. The van der Waals surface area contributed by atoms with Crippen LogP contribution in [0, 0.1) is 10.1 Å². The van der Waals surface area contributed by atoms with E-state index >= 15 is 0 Å². The Balaban J connectivity index is 3.02. The van der Waals surface area contributed by atoms with Crippen LogP contribution < -0.4 is 11.1 Å². The maximum Gasteiger partial charge on any atom is 0.294 e. The minimum absolute atomic E-state index is 0.00210. The molecule has 0 saturated carbocycles. The summed E-state index contributed by atoms with van der Waals surface area (Å²) in [5, 5.41) is 13.7. The molecule has 0 aliphatic rings. The zero-order valence-corrected chi connectivity index (χ0v) is 12.8. The Bertz CT molecular complexity index is 525. The van der Waals surface area contributed by atoms with Gasteiger partial charge in [0.25, 0.3) is 11.6 Å². The number of nitro groups is 1. The number of nitro benzene ring substituents is 1. The second-order valence-electron chi connectivity index (χ2n) is 4.18. The number of hydrogen-bond acceptors (Lipinski definition) is 5. The molecule has 3 N–H and O–H groups in total. The van der Waals surface area contributed by atoms with Crippen molar-refractivity contribution in [2.45, 2.75) is 19.4 Å². The molecular formula is C12H16ClN3O3S. The Morgan fingerprint density at radius 1 is 1.60 bits per heavy atom. The third-order valence-electron chi connectivity index (χ3n) is 2.76. The van der Waals surface area contributed by atoms with Gasteiger partial charge in [0.05, 0.1) is 9.95 Å². The zero-order valence-electron chi connectivity index (χ0n) is 11.2. The van der Waals surface area contributed by atoms with E-state index in [0.717, 1.165) is 18.2 Å². The van der Waals surface area contributed by atoms with E-state index in [9.17, 15) is 14.9 Å². The summed E-state index contributed by atoms with van der Waals surface area (Å²) in [6.45, 7) is 1.96. The first-order valence-electron chi connectivity index (χ1n) is 5.93. The van der Waals surface area contributed by atoms with Gasteiger partial charge in [-0.15, -0.1) is 0 Å². The molecule has 0 fully saturated rings. The number of amides is 1. The van der Waals surface area contributed by atoms with Crippen LogP contribution in [0.2, 0.25) is 5.02 Å². The summed E-state index contributed by atoms with van der Waals surface area (Å²) in [5.41, 5.74) is 5.16. The molecule has 110 valence electrons. The number of nitrogen functional groups attached to an aromatic ring is 1. The maximum absolute atomic E-state index is 12.1. The van der Waals surface area contributed by atoms with Gasteiger partial charge in [0, 0.05) is 23.4 Å². The second-order valence-corrected chi connectivity index (χ2v) is 5.50. The fraction of sp³-hybridized carbons (Fsp3) is 0.417. The van der Waals surface area contributed by atoms with Gasteiger partial charge in [-0.05, 0) is 18.7 Å². The van der Waals surface area contributed by atoms with Crippen LogP contribution in [0.25, 0.3) is 0 Å². The van der Waals surface area contributed by atoms with E-state index in [1.165, 1.54) is 6.07 Å². The van der Waals surface area contributed by atoms with Crippen LogP contribution in [-0.4, -0.2) is 28.9 Å². The summed E-state index contributed by atoms with van der Waals surface area (Å²) < 4.78 is 0. The summed E-state index contributed by atoms with van der Waals surface area (Å²) in [6, 6.07) is 2.49. The molecule has 1 rings (SSSR count). The zero-order chi connectivity index (χ0) is 15.3. The number of nitrogens with two attached hydrogens (primary N) is 1. The van der Waals surface area contributed by atoms with Crippen LogP contribution in [0.5, 0.6) is 0 Å². The minimum Gasteiger partial charge on any atom is -0.392 e. The Kier molecular flexibility index (Phi) is 6.09. The van der Waals surface area contributed by atoms with Crippen molar-refractivity contribution in [1.82, 2.24) is 5.32 Å². The number of rotatable bonds is 6. The first kappa shape index (κ1) is 16.6. The lowest BCUT2D eigenvalue weighted by Crippen LogP contribution is -2.36. The van der Waals surface area contributed by atoms with Crippen molar-refractivity contribution >= 4 is 40.6 Å². The molecule has 8 heteroatoms. The number of nitrogens with zero attached hydrogens (tertiary/aromatic N) is 1. The monoisotopic (exact) mass is 317 g/mol. The lowest BCUT2D eigenvalue weighted by atomic mass is 10.1. The molecule has 0 heterocycles. The third-order valence-corrected chi connectivity index (χ3v) is 3.81. The Morgan fingerprint density at radius 2 is 2.25 bits per heavy atom. The highest BCUT2D eigenvalue weighted by molar-refractivity contribution is 7.98. The summed E-state index contributed by atoms with van der Waals surface area (Å²) >= 11 is 7.44. The molecule has 6 nitrogen and oxygen atoms in total. The van der Waals surface area contributed by atoms with Gasteiger partial charge in [-0.3, -0.25) is 14.9 Å². The van der Waals surface area contributed by atoms with Gasteiger partial charge in [0.1, 0.15) is 5.69 Å². The van der Waals surface area contributed by atoms with E-state index in [1.807, 2.05) is 13.2 Å². The predicted octanol–water partition coefficient (Wildman–Crippen LogP) is 2.70. The number of hydrogen-bond donors (Lipinski definition) is 2. The quantitative estimate of drug-likeness (QED) is 0.477. The SMILES string of the molecule is CCC(CSC)NC(=O)c1cc(Cl)c(N)c([N+](=O)[O-])c1. The molecule has 0 aliphatic heterocycles. The number of carbonyl (C=O) groups is 1. The van der Waals surface area contributed by atoms with Crippen LogP contribution in [0.15, 0.2) is 12.1 Å². The van der Waals surface area contributed by atoms with Crippen LogP contribution >= 0.6 is 23.4 Å². The lowest BCUT2D eigenvalue weighted by molar-refractivity contribution is -0.383. The average molecular weight is 318 g/mol. The molecule has 20 heavy (non-hydrogen) atoms. The van der Waals surface area contributed by atoms with E-state index in [1.54, 1.807) is 11.8 Å². The normalized spacial score (nSPS) is 11.9. The van der Waals surface area contributed by atoms with Crippen molar-refractivity contribution in [1.29, 1.82) is 0 Å². The van der Waals surface area contributed by atoms with Gasteiger partial charge < -0.3 is 11.1 Å². The minimum atomic E-state index is -0.656. The Labute approximate surface area is 126 Å². The molecule has 1 atom stereocenters. The average Bonchev–Trinajstić information content (AvgIpc) is 2.40. The molecule has 0 spiro atoms. The summed E-state index contributed by atoms with van der Waals surface area (Å²) in [6.07, 6.45) is 2.72. The van der Waals surface area contributed by atoms with Crippen molar-refractivity contribution in [3.8, 4) is 0 Å². The smallest absolute Gasteiger partial charge is 0.294 e. The molecule has 1 amide bonds. The highest BCUT2D eigenvalue weighted by Gasteiger charge is 2.20. The van der Waals surface area contributed by atoms with Gasteiger partial charge in [-0.2, -0.15) is 11.8 Å². The number of halogens is 1. The standard InChI is InChI=1S/C12H16ClN3O3S/c1-3-8(6-20-2)15-12(17)7-4-9(13)11(14)10(5-7)16(18)19/h4-5,8H,3,6,14H2,1-2H3,(H,15,17). The third kappa shape index (κ3) is 4.01. The van der Waals surface area contributed by atoms with Gasteiger partial charge in [-0.1, -0.05) is 18.5 Å². The highest BCUT2D eigenvalue weighted by atomic mass is 35.5. The fourth-order valence-corrected chi connectivity index (χ4v) is 2.55. The second kappa shape index (κ2) is 7.35. The molecule has 1 unspecified atom stereocenters. The number of nitrogens with one attached hydrogen (secondary N) is 1. The molecule has 1 aromatic rings. The topological polar surface area (TPSA) is 98.3 Å². The van der Waals surface area contributed by atoms with E-state index in [0.29, 0.717) is 0 Å². The molecule has 0 bridgehead atoms. The van der Waals surface area contributed by atoms with Crippen molar-refractivity contribution < 1.29 is 9.72 Å². The number of anilines is 1. The van der Waals surface area contributed by atoms with E-state index in [-0.39, 0.29) is 28.0 Å². The molecule has 0 saturated heterocycles. The van der Waals surface area contributed by atoms with Crippen LogP contribution in [0.1, 0.15) is 23.7 Å². The molecule has 0 aliphatic carbocycles. The summed E-state index contributed by atoms with van der Waals surface area (Å²) in [5.74, 6) is 0.378. The van der Waals surface area contributed by atoms with E-state index in [4.69, 9.17) is 17.3 Å². The predicted molar refractivity (Wildman–Crippen MR) is 82.4 cm³/mol. The summed E-state index contributed by atoms with van der Waals surface area (Å²) in [4.78, 5) is 22.3. The highest BCUT2D eigenvalue weighted by Crippen LogP contribution is 2.30. The number of benzene rings is 1. The Hall–Kier alpha value is -1.47. The van der Waals surface area contributed by atoms with Crippen LogP contribution in [-0.2, 0) is 0 Å². The fourth-order valence-electron chi connectivity index (χ4n) is 1.62. The van der Waals surface area contributed by atoms with Gasteiger partial charge in [0.15, 0.2) is 0 Å². The maximum atomic E-state index is 12.1. The largest absolute Gasteiger partial charge is 0.392 e. The van der Waals surface area contributed by atoms with Crippen LogP contribution in [0.4, 0.5) is 11.4 Å². The molecule has 0 aromatic heterocycles. The lowest BCUT2D eigenvalue weighted by Gasteiger charge is -2.16. The first-order valence-corrected chi connectivity index (χ1v) is 7.71. The molecular weight excluding hydrogens is 302 g/mol. The van der Waals surface area contributed by atoms with E-state index < -0.39 is 10.8 Å². The Morgan fingerprint density at radius 3 is 2.75 bits per heavy atom. The van der Waals surface area contributed by atoms with Gasteiger partial charge in [-0.25, -0.2) is 0 Å². The van der Waals surface area contributed by atoms with Gasteiger partial charge >= 0.3 is 0 Å². The number of carbonyl (C=O) groups excluding carboxylic acids is 1. The number of thioether (sulfide) groups is 1.